The Hall–Kier alpha value is -2.13. The Balaban J connectivity index is 1.17. The van der Waals surface area contributed by atoms with Crippen molar-refractivity contribution in [1.82, 2.24) is 5.32 Å². The van der Waals surface area contributed by atoms with Crippen molar-refractivity contribution in [1.29, 1.82) is 0 Å². The molecule has 0 aliphatic heterocycles. The molecule has 5 rings (SSSR count). The van der Waals surface area contributed by atoms with Gasteiger partial charge in [0.05, 0.1) is 0 Å². The molecular weight excluding hydrogens is 380 g/mol. The number of amides is 1. The fourth-order valence-corrected chi connectivity index (χ4v) is 7.15. The van der Waals surface area contributed by atoms with Crippen LogP contribution in [-0.2, 0) is 6.54 Å². The summed E-state index contributed by atoms with van der Waals surface area (Å²) < 4.78 is 0. The Morgan fingerprint density at radius 3 is 2.65 bits per heavy atom. The third-order valence-corrected chi connectivity index (χ3v) is 8.58. The van der Waals surface area contributed by atoms with E-state index in [9.17, 15) is 4.79 Å². The van der Waals surface area contributed by atoms with Gasteiger partial charge in [0.15, 0.2) is 0 Å². The molecule has 0 radical (unpaired) electrons. The minimum atomic E-state index is -0.379. The number of hydrogen-bond acceptors (Lipinski definition) is 2. The van der Waals surface area contributed by atoms with E-state index in [0.717, 1.165) is 53.8 Å². The van der Waals surface area contributed by atoms with Crippen LogP contribution in [0.4, 0.5) is 0 Å². The normalized spacial score (nSPS) is 29.1. The van der Waals surface area contributed by atoms with Crippen LogP contribution in [0.1, 0.15) is 66.4 Å². The largest absolute Gasteiger partial charge is 0.366 e. The van der Waals surface area contributed by atoms with Crippen molar-refractivity contribution >= 4 is 5.91 Å². The van der Waals surface area contributed by atoms with Crippen molar-refractivity contribution in [2.24, 2.45) is 35.3 Å². The van der Waals surface area contributed by atoms with Gasteiger partial charge in [0.2, 0.25) is 5.91 Å². The molecule has 3 heteroatoms. The third kappa shape index (κ3) is 4.30. The summed E-state index contributed by atoms with van der Waals surface area (Å²) >= 11 is 0. The molecule has 0 saturated heterocycles. The summed E-state index contributed by atoms with van der Waals surface area (Å²) in [7, 11) is 0. The summed E-state index contributed by atoms with van der Waals surface area (Å²) in [5.74, 6) is 4.76. The van der Waals surface area contributed by atoms with Gasteiger partial charge in [-0.3, -0.25) is 4.79 Å². The summed E-state index contributed by atoms with van der Waals surface area (Å²) in [4.78, 5) is 11.5. The van der Waals surface area contributed by atoms with E-state index in [0.29, 0.717) is 5.56 Å². The lowest BCUT2D eigenvalue weighted by Crippen LogP contribution is -2.30. The molecule has 3 fully saturated rings. The molecule has 5 atom stereocenters. The van der Waals surface area contributed by atoms with Crippen LogP contribution in [0.15, 0.2) is 42.5 Å². The number of benzene rings is 2. The zero-order valence-electron chi connectivity index (χ0n) is 18.8. The summed E-state index contributed by atoms with van der Waals surface area (Å²) in [6.45, 7) is 4.21. The van der Waals surface area contributed by atoms with E-state index < -0.39 is 0 Å². The maximum atomic E-state index is 11.5. The summed E-state index contributed by atoms with van der Waals surface area (Å²) in [6.07, 6.45) is 10.4. The van der Waals surface area contributed by atoms with Gasteiger partial charge in [-0.25, -0.2) is 0 Å². The number of fused-ring (bicyclic) bond motifs is 2. The number of carbonyl (C=O) groups excluding carboxylic acids is 1. The average Bonchev–Trinajstić information content (AvgIpc) is 3.00. The molecule has 31 heavy (non-hydrogen) atoms. The van der Waals surface area contributed by atoms with Crippen LogP contribution in [0, 0.1) is 36.5 Å². The highest BCUT2D eigenvalue weighted by molar-refractivity contribution is 5.94. The molecule has 3 aliphatic carbocycles. The molecule has 3 aliphatic rings. The van der Waals surface area contributed by atoms with Crippen LogP contribution in [0.3, 0.4) is 0 Å². The van der Waals surface area contributed by atoms with Crippen molar-refractivity contribution in [2.75, 3.05) is 6.54 Å². The zero-order chi connectivity index (χ0) is 21.4. The van der Waals surface area contributed by atoms with E-state index in [-0.39, 0.29) is 5.91 Å². The first-order valence-corrected chi connectivity index (χ1v) is 12.3. The zero-order valence-corrected chi connectivity index (χ0v) is 18.8. The second-order valence-corrected chi connectivity index (χ2v) is 10.4. The van der Waals surface area contributed by atoms with Crippen molar-refractivity contribution in [3.05, 3.63) is 59.2 Å². The third-order valence-electron chi connectivity index (χ3n) is 8.58. The number of carbonyl (C=O) groups is 1. The number of nitrogens with one attached hydrogen (secondary N) is 1. The Kier molecular flexibility index (Phi) is 5.88. The number of rotatable bonds is 7. The Morgan fingerprint density at radius 1 is 1.00 bits per heavy atom. The minimum absolute atomic E-state index is 0.379. The van der Waals surface area contributed by atoms with Gasteiger partial charge < -0.3 is 11.1 Å². The first-order chi connectivity index (χ1) is 15.1. The Bertz CT molecular complexity index is 952. The highest BCUT2D eigenvalue weighted by Gasteiger charge is 2.47. The maximum absolute atomic E-state index is 11.5. The lowest BCUT2D eigenvalue weighted by Gasteiger charge is -2.36. The lowest BCUT2D eigenvalue weighted by molar-refractivity contribution is 0.100. The second kappa shape index (κ2) is 8.78. The molecule has 3 nitrogen and oxygen atoms in total. The predicted octanol–water partition coefficient (Wildman–Crippen LogP) is 5.70. The number of primary amides is 1. The summed E-state index contributed by atoms with van der Waals surface area (Å²) in [5, 5.41) is 3.73. The first kappa shape index (κ1) is 20.8. The van der Waals surface area contributed by atoms with Crippen molar-refractivity contribution in [2.45, 2.75) is 58.4 Å². The van der Waals surface area contributed by atoms with Gasteiger partial charge in [0.1, 0.15) is 0 Å². The molecule has 3 bridgehead atoms. The van der Waals surface area contributed by atoms with Crippen LogP contribution >= 0.6 is 0 Å². The van der Waals surface area contributed by atoms with Crippen LogP contribution in [-0.4, -0.2) is 12.5 Å². The molecule has 0 spiro atoms. The van der Waals surface area contributed by atoms with Gasteiger partial charge in [-0.15, -0.1) is 0 Å². The van der Waals surface area contributed by atoms with E-state index >= 15 is 0 Å². The molecule has 5 unspecified atom stereocenters. The van der Waals surface area contributed by atoms with Gasteiger partial charge in [0.25, 0.3) is 0 Å². The summed E-state index contributed by atoms with van der Waals surface area (Å²) in [5.41, 5.74) is 10.8. The maximum Gasteiger partial charge on any atom is 0.248 e. The van der Waals surface area contributed by atoms with Crippen LogP contribution in [0.25, 0.3) is 11.1 Å². The SMILES string of the molecule is Cc1cc(CNCCC2C3CCCC4CC2CC4C3)ccc1-c1cccc(C(N)=O)c1. The van der Waals surface area contributed by atoms with Gasteiger partial charge in [0, 0.05) is 12.1 Å². The highest BCUT2D eigenvalue weighted by atomic mass is 16.1. The first-order valence-electron chi connectivity index (χ1n) is 12.3. The molecule has 164 valence electrons. The van der Waals surface area contributed by atoms with Crippen LogP contribution in [0.5, 0.6) is 0 Å². The molecular formula is C28H36N2O. The second-order valence-electron chi connectivity index (χ2n) is 10.4. The molecule has 3 N–H and O–H groups in total. The van der Waals surface area contributed by atoms with E-state index in [2.05, 4.69) is 30.4 Å². The monoisotopic (exact) mass is 416 g/mol. The van der Waals surface area contributed by atoms with E-state index in [1.54, 1.807) is 6.07 Å². The van der Waals surface area contributed by atoms with E-state index in [1.165, 1.54) is 56.1 Å². The van der Waals surface area contributed by atoms with Crippen molar-refractivity contribution in [3.63, 3.8) is 0 Å². The summed E-state index contributed by atoms with van der Waals surface area (Å²) in [6, 6.07) is 14.2. The van der Waals surface area contributed by atoms with Crippen molar-refractivity contribution in [3.8, 4) is 11.1 Å². The Labute approximate surface area is 186 Å². The van der Waals surface area contributed by atoms with Gasteiger partial charge in [-0.1, -0.05) is 49.6 Å². The number of aryl methyl sites for hydroxylation is 1. The van der Waals surface area contributed by atoms with E-state index in [4.69, 9.17) is 5.73 Å². The van der Waals surface area contributed by atoms with Crippen LogP contribution in [0.2, 0.25) is 0 Å². The standard InChI is InChI=1S/C28H36N2O/c1-18-12-19(8-9-26(18)21-5-3-7-23(14-21)28(29)31)17-30-11-10-27-22-6-2-4-20-13-25(27)16-24(20)15-22/h3,5,7-9,12,14,20,22,24-25,27,30H,2,4,6,10-11,13,15-17H2,1H3,(H2,29,31). The smallest absolute Gasteiger partial charge is 0.248 e. The highest BCUT2D eigenvalue weighted by Crippen LogP contribution is 2.56. The molecule has 2 aromatic carbocycles. The number of hydrogen-bond donors (Lipinski definition) is 2. The quantitative estimate of drug-likeness (QED) is 0.569. The molecule has 1 amide bonds. The topological polar surface area (TPSA) is 55.1 Å². The van der Waals surface area contributed by atoms with Gasteiger partial charge in [-0.05, 0) is 103 Å². The molecule has 0 aromatic heterocycles. The predicted molar refractivity (Wildman–Crippen MR) is 127 cm³/mol. The molecule has 2 aromatic rings. The van der Waals surface area contributed by atoms with E-state index in [1.807, 2.05) is 18.2 Å². The number of nitrogens with two attached hydrogens (primary N) is 1. The lowest BCUT2D eigenvalue weighted by atomic mass is 9.69. The Morgan fingerprint density at radius 2 is 1.81 bits per heavy atom. The molecule has 0 heterocycles. The van der Waals surface area contributed by atoms with Gasteiger partial charge >= 0.3 is 0 Å². The average molecular weight is 417 g/mol. The van der Waals surface area contributed by atoms with Crippen LogP contribution < -0.4 is 11.1 Å². The van der Waals surface area contributed by atoms with Gasteiger partial charge in [-0.2, -0.15) is 0 Å². The molecule has 3 saturated carbocycles. The minimum Gasteiger partial charge on any atom is -0.366 e. The fourth-order valence-electron chi connectivity index (χ4n) is 7.15. The fraction of sp³-hybridized carbons (Fsp3) is 0.536. The van der Waals surface area contributed by atoms with Crippen molar-refractivity contribution < 1.29 is 4.79 Å².